The van der Waals surface area contributed by atoms with E-state index in [2.05, 4.69) is 51.5 Å². The van der Waals surface area contributed by atoms with Crippen molar-refractivity contribution >= 4 is 17.0 Å². The molecule has 1 aliphatic carbocycles. The van der Waals surface area contributed by atoms with E-state index in [0.717, 1.165) is 17.8 Å². The minimum atomic E-state index is 0.298. The number of fused-ring (bicyclic) bond motifs is 2. The molecule has 3 aromatic rings. The smallest absolute Gasteiger partial charge is 0.180 e. The number of nitrogens with one attached hydrogen (secondary N) is 1. The van der Waals surface area contributed by atoms with Crippen LogP contribution in [-0.4, -0.2) is 15.0 Å². The van der Waals surface area contributed by atoms with E-state index < -0.39 is 0 Å². The number of hydrogen-bond donors (Lipinski definition) is 1. The average Bonchev–Trinajstić information content (AvgIpc) is 2.57. The van der Waals surface area contributed by atoms with Crippen LogP contribution in [0.25, 0.3) is 11.2 Å². The van der Waals surface area contributed by atoms with Crippen LogP contribution in [0.3, 0.4) is 0 Å². The van der Waals surface area contributed by atoms with Gasteiger partial charge in [0.1, 0.15) is 11.3 Å². The first-order valence-electron chi connectivity index (χ1n) is 7.73. The minimum absolute atomic E-state index is 0.298. The molecule has 110 valence electrons. The monoisotopic (exact) mass is 290 g/mol. The van der Waals surface area contributed by atoms with E-state index in [9.17, 15) is 0 Å². The van der Waals surface area contributed by atoms with Crippen molar-refractivity contribution in [2.75, 3.05) is 5.32 Å². The summed E-state index contributed by atoms with van der Waals surface area (Å²) in [6, 6.07) is 12.9. The molecule has 2 heterocycles. The molecular formula is C18H18N4. The van der Waals surface area contributed by atoms with Crippen LogP contribution in [0.2, 0.25) is 0 Å². The van der Waals surface area contributed by atoms with Crippen molar-refractivity contribution in [3.05, 3.63) is 59.9 Å². The van der Waals surface area contributed by atoms with E-state index in [4.69, 9.17) is 0 Å². The first-order valence-corrected chi connectivity index (χ1v) is 7.73. The summed E-state index contributed by atoms with van der Waals surface area (Å²) in [6.07, 6.45) is 5.72. The zero-order valence-corrected chi connectivity index (χ0v) is 12.5. The van der Waals surface area contributed by atoms with Gasteiger partial charge in [-0.1, -0.05) is 31.2 Å². The van der Waals surface area contributed by atoms with Crippen molar-refractivity contribution in [1.29, 1.82) is 0 Å². The average molecular weight is 290 g/mol. The molecule has 0 saturated carbocycles. The molecule has 1 aliphatic rings. The molecule has 0 radical (unpaired) electrons. The second kappa shape index (κ2) is 5.37. The van der Waals surface area contributed by atoms with Gasteiger partial charge in [0.05, 0.1) is 6.04 Å². The summed E-state index contributed by atoms with van der Waals surface area (Å²) in [5.41, 5.74) is 4.34. The number of nitrogens with zero attached hydrogens (tertiary/aromatic N) is 3. The van der Waals surface area contributed by atoms with Gasteiger partial charge in [-0.2, -0.15) is 0 Å². The van der Waals surface area contributed by atoms with E-state index in [1.165, 1.54) is 17.5 Å². The Morgan fingerprint density at radius 1 is 1.05 bits per heavy atom. The topological polar surface area (TPSA) is 50.7 Å². The third-order valence-corrected chi connectivity index (χ3v) is 4.46. The Kier molecular flexibility index (Phi) is 3.22. The van der Waals surface area contributed by atoms with Gasteiger partial charge in [0.25, 0.3) is 0 Å². The van der Waals surface area contributed by atoms with Crippen LogP contribution in [0.1, 0.15) is 30.5 Å². The molecule has 0 saturated heterocycles. The molecule has 2 aromatic heterocycles. The largest absolute Gasteiger partial charge is 0.363 e. The summed E-state index contributed by atoms with van der Waals surface area (Å²) >= 11 is 0. The van der Waals surface area contributed by atoms with Crippen LogP contribution in [-0.2, 0) is 6.42 Å². The molecule has 0 bridgehead atoms. The van der Waals surface area contributed by atoms with Gasteiger partial charge in [-0.3, -0.25) is 4.98 Å². The van der Waals surface area contributed by atoms with E-state index in [1.807, 2.05) is 12.1 Å². The summed E-state index contributed by atoms with van der Waals surface area (Å²) in [5.74, 6) is 1.44. The van der Waals surface area contributed by atoms with Gasteiger partial charge in [0.15, 0.2) is 5.65 Å². The maximum Gasteiger partial charge on any atom is 0.180 e. The Bertz CT molecular complexity index is 815. The molecular weight excluding hydrogens is 272 g/mol. The highest BCUT2D eigenvalue weighted by Crippen LogP contribution is 2.36. The summed E-state index contributed by atoms with van der Waals surface area (Å²) in [6.45, 7) is 2.30. The number of anilines is 1. The third kappa shape index (κ3) is 2.30. The van der Waals surface area contributed by atoms with Gasteiger partial charge in [0.2, 0.25) is 0 Å². The Balaban J connectivity index is 1.69. The number of pyridine rings is 1. The fraction of sp³-hybridized carbons (Fsp3) is 0.278. The van der Waals surface area contributed by atoms with Crippen LogP contribution in [0.15, 0.2) is 48.8 Å². The van der Waals surface area contributed by atoms with Crippen LogP contribution < -0.4 is 5.32 Å². The van der Waals surface area contributed by atoms with Crippen molar-refractivity contribution in [3.63, 3.8) is 0 Å². The van der Waals surface area contributed by atoms with Gasteiger partial charge in [-0.15, -0.1) is 0 Å². The lowest BCUT2D eigenvalue weighted by Crippen LogP contribution is -2.25. The fourth-order valence-corrected chi connectivity index (χ4v) is 3.24. The minimum Gasteiger partial charge on any atom is -0.363 e. The number of aromatic nitrogens is 3. The quantitative estimate of drug-likeness (QED) is 0.780. The summed E-state index contributed by atoms with van der Waals surface area (Å²) in [5, 5.41) is 3.60. The maximum atomic E-state index is 4.59. The van der Waals surface area contributed by atoms with Crippen molar-refractivity contribution in [3.8, 4) is 0 Å². The van der Waals surface area contributed by atoms with Crippen LogP contribution >= 0.6 is 0 Å². The van der Waals surface area contributed by atoms with Crippen molar-refractivity contribution in [2.45, 2.75) is 25.8 Å². The summed E-state index contributed by atoms with van der Waals surface area (Å²) < 4.78 is 0. The first kappa shape index (κ1) is 13.2. The normalized spacial score (nSPS) is 20.6. The van der Waals surface area contributed by atoms with Gasteiger partial charge in [0, 0.05) is 12.4 Å². The number of aryl methyl sites for hydroxylation is 1. The Morgan fingerprint density at radius 3 is 2.86 bits per heavy atom. The van der Waals surface area contributed by atoms with Crippen LogP contribution in [0.4, 0.5) is 5.82 Å². The Morgan fingerprint density at radius 2 is 1.91 bits per heavy atom. The zero-order chi connectivity index (χ0) is 14.9. The van der Waals surface area contributed by atoms with E-state index in [1.54, 1.807) is 12.4 Å². The SMILES string of the molecule is C[C@@H]1CCc2ccccc2[C@@H]1Nc1ccc2nccnc2n1. The summed E-state index contributed by atoms with van der Waals surface area (Å²) in [4.78, 5) is 13.1. The van der Waals surface area contributed by atoms with Crippen molar-refractivity contribution in [1.82, 2.24) is 15.0 Å². The lowest BCUT2D eigenvalue weighted by atomic mass is 9.81. The molecule has 1 aromatic carbocycles. The molecule has 0 unspecified atom stereocenters. The zero-order valence-electron chi connectivity index (χ0n) is 12.5. The second-order valence-corrected chi connectivity index (χ2v) is 5.93. The molecule has 4 heteroatoms. The fourth-order valence-electron chi connectivity index (χ4n) is 3.24. The highest BCUT2D eigenvalue weighted by atomic mass is 15.0. The van der Waals surface area contributed by atoms with E-state index in [-0.39, 0.29) is 0 Å². The van der Waals surface area contributed by atoms with Crippen LogP contribution in [0.5, 0.6) is 0 Å². The molecule has 22 heavy (non-hydrogen) atoms. The highest BCUT2D eigenvalue weighted by Gasteiger charge is 2.26. The van der Waals surface area contributed by atoms with Gasteiger partial charge >= 0.3 is 0 Å². The lowest BCUT2D eigenvalue weighted by Gasteiger charge is -2.32. The predicted molar refractivity (Wildman–Crippen MR) is 87.6 cm³/mol. The van der Waals surface area contributed by atoms with E-state index in [0.29, 0.717) is 17.6 Å². The molecule has 0 amide bonds. The molecule has 0 spiro atoms. The van der Waals surface area contributed by atoms with Crippen molar-refractivity contribution < 1.29 is 0 Å². The molecule has 4 rings (SSSR count). The van der Waals surface area contributed by atoms with Crippen LogP contribution in [0, 0.1) is 5.92 Å². The molecule has 0 fully saturated rings. The second-order valence-electron chi connectivity index (χ2n) is 5.93. The lowest BCUT2D eigenvalue weighted by molar-refractivity contribution is 0.433. The van der Waals surface area contributed by atoms with E-state index >= 15 is 0 Å². The standard InChI is InChI=1S/C18H18N4/c1-12-6-7-13-4-2-3-5-14(13)17(12)21-16-9-8-15-18(22-16)20-11-10-19-15/h2-5,8-12,17H,6-7H2,1H3,(H,20,21,22)/t12-,17-/m1/s1. The molecule has 2 atom stereocenters. The molecule has 0 aliphatic heterocycles. The number of rotatable bonds is 2. The van der Waals surface area contributed by atoms with Crippen molar-refractivity contribution in [2.24, 2.45) is 5.92 Å². The third-order valence-electron chi connectivity index (χ3n) is 4.46. The molecule has 4 nitrogen and oxygen atoms in total. The van der Waals surface area contributed by atoms with Gasteiger partial charge in [-0.05, 0) is 42.0 Å². The Labute approximate surface area is 129 Å². The number of benzene rings is 1. The molecule has 1 N–H and O–H groups in total. The summed E-state index contributed by atoms with van der Waals surface area (Å²) in [7, 11) is 0. The first-order chi connectivity index (χ1) is 10.8. The van der Waals surface area contributed by atoms with Gasteiger partial charge < -0.3 is 5.32 Å². The number of hydrogen-bond acceptors (Lipinski definition) is 4. The van der Waals surface area contributed by atoms with Gasteiger partial charge in [-0.25, -0.2) is 9.97 Å². The highest BCUT2D eigenvalue weighted by molar-refractivity contribution is 5.71. The Hall–Kier alpha value is -2.49. The maximum absolute atomic E-state index is 4.59. The predicted octanol–water partition coefficient (Wildman–Crippen LogP) is 3.76.